The van der Waals surface area contributed by atoms with Gasteiger partial charge < -0.3 is 4.74 Å². The molecule has 94 valence electrons. The summed E-state index contributed by atoms with van der Waals surface area (Å²) in [5.41, 5.74) is 0.811. The number of carbonyl (C=O) groups excluding carboxylic acids is 1. The number of pyridine rings is 1. The van der Waals surface area contributed by atoms with Crippen molar-refractivity contribution < 1.29 is 9.53 Å². The topological polar surface area (TPSA) is 39.2 Å². The van der Waals surface area contributed by atoms with Crippen LogP contribution in [0.3, 0.4) is 0 Å². The number of carbonyl (C=O) groups is 1. The van der Waals surface area contributed by atoms with Gasteiger partial charge in [0.25, 0.3) is 0 Å². The molecule has 0 bridgehead atoms. The van der Waals surface area contributed by atoms with Gasteiger partial charge in [-0.1, -0.05) is 25.7 Å². The normalized spacial score (nSPS) is 11.5. The Labute approximate surface area is 104 Å². The highest BCUT2D eigenvalue weighted by Gasteiger charge is 2.12. The van der Waals surface area contributed by atoms with Gasteiger partial charge in [-0.25, -0.2) is 0 Å². The lowest BCUT2D eigenvalue weighted by molar-refractivity contribution is -0.122. The van der Waals surface area contributed by atoms with Crippen molar-refractivity contribution >= 4 is 13.9 Å². The van der Waals surface area contributed by atoms with Crippen molar-refractivity contribution in [2.24, 2.45) is 0 Å². The summed E-state index contributed by atoms with van der Waals surface area (Å²) in [5, 5.41) is 0. The number of aromatic nitrogens is 1. The quantitative estimate of drug-likeness (QED) is 0.552. The Morgan fingerprint density at radius 3 is 2.71 bits per heavy atom. The van der Waals surface area contributed by atoms with Crippen molar-refractivity contribution in [2.45, 2.75) is 32.1 Å². The Kier molecular flexibility index (Phi) is 5.51. The summed E-state index contributed by atoms with van der Waals surface area (Å²) < 4.78 is 5.40. The summed E-state index contributed by atoms with van der Waals surface area (Å²) in [6, 6.07) is 6.70. The van der Waals surface area contributed by atoms with E-state index in [2.05, 4.69) is 24.6 Å². The van der Waals surface area contributed by atoms with Crippen LogP contribution in [-0.4, -0.2) is 32.1 Å². The first-order chi connectivity index (χ1) is 7.97. The zero-order valence-electron chi connectivity index (χ0n) is 10.9. The number of Topliss-reactive ketones (excluding diaryl/α,β-unsaturated/α-hetero) is 1. The summed E-state index contributed by atoms with van der Waals surface area (Å²) in [7, 11) is -1.05. The van der Waals surface area contributed by atoms with Crippen molar-refractivity contribution in [1.29, 1.82) is 0 Å². The van der Waals surface area contributed by atoms with E-state index < -0.39 is 8.07 Å². The first-order valence-electron chi connectivity index (χ1n) is 5.97. The molecule has 0 aliphatic rings. The predicted octanol–water partition coefficient (Wildman–Crippen LogP) is 2.55. The van der Waals surface area contributed by atoms with E-state index in [0.717, 1.165) is 11.7 Å². The second kappa shape index (κ2) is 6.66. The van der Waals surface area contributed by atoms with Gasteiger partial charge >= 0.3 is 0 Å². The number of ketones is 1. The number of ether oxygens (including phenoxy) is 1. The molecule has 0 unspecified atom stereocenters. The molecule has 0 aromatic carbocycles. The van der Waals surface area contributed by atoms with E-state index in [-0.39, 0.29) is 12.4 Å². The van der Waals surface area contributed by atoms with Gasteiger partial charge in [-0.05, 0) is 18.2 Å². The van der Waals surface area contributed by atoms with Crippen molar-refractivity contribution in [2.75, 3.05) is 13.2 Å². The van der Waals surface area contributed by atoms with Crippen LogP contribution in [0.1, 0.15) is 5.69 Å². The van der Waals surface area contributed by atoms with Crippen LogP contribution in [0.25, 0.3) is 0 Å². The molecule has 0 saturated heterocycles. The molecule has 0 aliphatic carbocycles. The van der Waals surface area contributed by atoms with Crippen molar-refractivity contribution in [1.82, 2.24) is 4.98 Å². The summed E-state index contributed by atoms with van der Waals surface area (Å²) in [5.74, 6) is 0.0966. The Morgan fingerprint density at radius 2 is 2.12 bits per heavy atom. The van der Waals surface area contributed by atoms with Gasteiger partial charge in [0.1, 0.15) is 6.61 Å². The average Bonchev–Trinajstić information content (AvgIpc) is 2.25. The van der Waals surface area contributed by atoms with Crippen LogP contribution >= 0.6 is 0 Å². The van der Waals surface area contributed by atoms with E-state index in [0.29, 0.717) is 13.0 Å². The zero-order chi connectivity index (χ0) is 12.7. The standard InChI is InChI=1S/C13H21NO2Si/c1-17(2,3)9-8-16-11-13(15)10-12-6-4-5-7-14-12/h4-7H,8-11H2,1-3H3. The molecule has 1 aromatic rings. The Balaban J connectivity index is 2.18. The minimum atomic E-state index is -1.05. The SMILES string of the molecule is C[Si](C)(C)CCOCC(=O)Cc1ccccn1. The molecule has 3 nitrogen and oxygen atoms in total. The summed E-state index contributed by atoms with van der Waals surface area (Å²) in [6.07, 6.45) is 2.07. The minimum absolute atomic E-state index is 0.0966. The molecule has 1 aromatic heterocycles. The van der Waals surface area contributed by atoms with Crippen LogP contribution in [0, 0.1) is 0 Å². The first kappa shape index (κ1) is 14.1. The molecule has 1 rings (SSSR count). The molecule has 0 N–H and O–H groups in total. The molecule has 0 atom stereocenters. The molecule has 0 aliphatic heterocycles. The number of rotatable bonds is 7. The molecule has 0 saturated carbocycles. The van der Waals surface area contributed by atoms with Crippen LogP contribution in [-0.2, 0) is 16.0 Å². The number of nitrogens with zero attached hydrogens (tertiary/aromatic N) is 1. The van der Waals surface area contributed by atoms with Crippen LogP contribution in [0.5, 0.6) is 0 Å². The average molecular weight is 251 g/mol. The summed E-state index contributed by atoms with van der Waals surface area (Å²) in [6.45, 7) is 7.80. The van der Waals surface area contributed by atoms with E-state index in [4.69, 9.17) is 4.74 Å². The van der Waals surface area contributed by atoms with Crippen LogP contribution < -0.4 is 0 Å². The number of hydrogen-bond acceptors (Lipinski definition) is 3. The molecule has 0 amide bonds. The van der Waals surface area contributed by atoms with Gasteiger partial charge in [-0.15, -0.1) is 0 Å². The molecule has 4 heteroatoms. The number of hydrogen-bond donors (Lipinski definition) is 0. The maximum atomic E-state index is 11.6. The second-order valence-electron chi connectivity index (χ2n) is 5.40. The van der Waals surface area contributed by atoms with E-state index in [1.54, 1.807) is 6.20 Å². The third-order valence-electron chi connectivity index (χ3n) is 2.36. The highest BCUT2D eigenvalue weighted by molar-refractivity contribution is 6.76. The predicted molar refractivity (Wildman–Crippen MR) is 71.9 cm³/mol. The molecular weight excluding hydrogens is 230 g/mol. The van der Waals surface area contributed by atoms with Gasteiger partial charge in [0.2, 0.25) is 0 Å². The van der Waals surface area contributed by atoms with Crippen LogP contribution in [0.2, 0.25) is 25.7 Å². The fourth-order valence-electron chi connectivity index (χ4n) is 1.32. The van der Waals surface area contributed by atoms with Gasteiger partial charge in [-0.3, -0.25) is 9.78 Å². The van der Waals surface area contributed by atoms with Gasteiger partial charge in [0.15, 0.2) is 5.78 Å². The Hall–Kier alpha value is -1.00. The Morgan fingerprint density at radius 1 is 1.35 bits per heavy atom. The maximum Gasteiger partial charge on any atom is 0.164 e. The Bertz CT molecular complexity index is 346. The van der Waals surface area contributed by atoms with E-state index in [1.807, 2.05) is 18.2 Å². The van der Waals surface area contributed by atoms with Gasteiger partial charge in [0.05, 0.1) is 6.42 Å². The fraction of sp³-hybridized carbons (Fsp3) is 0.538. The smallest absolute Gasteiger partial charge is 0.164 e. The monoisotopic (exact) mass is 251 g/mol. The molecule has 0 spiro atoms. The lowest BCUT2D eigenvalue weighted by atomic mass is 10.2. The van der Waals surface area contributed by atoms with Gasteiger partial charge in [-0.2, -0.15) is 0 Å². The van der Waals surface area contributed by atoms with Crippen LogP contribution in [0.4, 0.5) is 0 Å². The fourth-order valence-corrected chi connectivity index (χ4v) is 2.08. The third-order valence-corrected chi connectivity index (χ3v) is 4.07. The molecular formula is C13H21NO2Si. The highest BCUT2D eigenvalue weighted by Crippen LogP contribution is 2.07. The molecule has 0 radical (unpaired) electrons. The largest absolute Gasteiger partial charge is 0.374 e. The van der Waals surface area contributed by atoms with Gasteiger partial charge in [0, 0.05) is 26.6 Å². The summed E-state index contributed by atoms with van der Waals surface area (Å²) >= 11 is 0. The van der Waals surface area contributed by atoms with E-state index in [9.17, 15) is 4.79 Å². The van der Waals surface area contributed by atoms with Crippen molar-refractivity contribution in [3.63, 3.8) is 0 Å². The lowest BCUT2D eigenvalue weighted by Crippen LogP contribution is -2.23. The highest BCUT2D eigenvalue weighted by atomic mass is 28.3. The lowest BCUT2D eigenvalue weighted by Gasteiger charge is -2.14. The van der Waals surface area contributed by atoms with Crippen molar-refractivity contribution in [3.8, 4) is 0 Å². The van der Waals surface area contributed by atoms with E-state index >= 15 is 0 Å². The second-order valence-corrected chi connectivity index (χ2v) is 11.0. The van der Waals surface area contributed by atoms with E-state index in [1.165, 1.54) is 0 Å². The molecule has 17 heavy (non-hydrogen) atoms. The van der Waals surface area contributed by atoms with Crippen LogP contribution in [0.15, 0.2) is 24.4 Å². The molecule has 0 fully saturated rings. The zero-order valence-corrected chi connectivity index (χ0v) is 11.9. The molecule has 1 heterocycles. The minimum Gasteiger partial charge on any atom is -0.374 e. The maximum absolute atomic E-state index is 11.6. The first-order valence-corrected chi connectivity index (χ1v) is 9.67. The van der Waals surface area contributed by atoms with Crippen molar-refractivity contribution in [3.05, 3.63) is 30.1 Å². The third kappa shape index (κ3) is 7.02. The summed E-state index contributed by atoms with van der Waals surface area (Å²) in [4.78, 5) is 15.7.